The Hall–Kier alpha value is -2.37. The highest BCUT2D eigenvalue weighted by atomic mass is 16.2. The summed E-state index contributed by atoms with van der Waals surface area (Å²) in [5.41, 5.74) is 1.79. The topological polar surface area (TPSA) is 76.0 Å². The number of hydrogen-bond acceptors (Lipinski definition) is 3. The van der Waals surface area contributed by atoms with Crippen molar-refractivity contribution in [3.63, 3.8) is 0 Å². The largest absolute Gasteiger partial charge is 0.352 e. The number of imidazole rings is 1. The van der Waals surface area contributed by atoms with E-state index >= 15 is 0 Å². The molecule has 2 saturated carbocycles. The zero-order valence-corrected chi connectivity index (χ0v) is 15.0. The number of rotatable bonds is 6. The van der Waals surface area contributed by atoms with E-state index < -0.39 is 0 Å². The van der Waals surface area contributed by atoms with Gasteiger partial charge in [0.05, 0.1) is 17.6 Å². The van der Waals surface area contributed by atoms with E-state index in [-0.39, 0.29) is 24.3 Å². The van der Waals surface area contributed by atoms with Crippen LogP contribution in [0.5, 0.6) is 0 Å². The lowest BCUT2D eigenvalue weighted by Crippen LogP contribution is -2.33. The Morgan fingerprint density at radius 2 is 1.85 bits per heavy atom. The van der Waals surface area contributed by atoms with E-state index in [4.69, 9.17) is 0 Å². The fraction of sp³-hybridized carbons (Fsp3) is 0.550. The van der Waals surface area contributed by atoms with Crippen LogP contribution in [0.3, 0.4) is 0 Å². The van der Waals surface area contributed by atoms with Gasteiger partial charge in [0.2, 0.25) is 11.8 Å². The Morgan fingerprint density at radius 1 is 1.08 bits per heavy atom. The van der Waals surface area contributed by atoms with Crippen LogP contribution in [-0.4, -0.2) is 27.4 Å². The normalized spacial score (nSPS) is 18.0. The summed E-state index contributed by atoms with van der Waals surface area (Å²) in [7, 11) is 0. The zero-order chi connectivity index (χ0) is 17.9. The Bertz CT molecular complexity index is 803. The maximum atomic E-state index is 12.4. The summed E-state index contributed by atoms with van der Waals surface area (Å²) in [5.74, 6) is 0.988. The van der Waals surface area contributed by atoms with Crippen molar-refractivity contribution in [1.29, 1.82) is 0 Å². The number of para-hydroxylation sites is 2. The van der Waals surface area contributed by atoms with Crippen LogP contribution >= 0.6 is 0 Å². The second kappa shape index (κ2) is 7.48. The molecule has 26 heavy (non-hydrogen) atoms. The SMILES string of the molecule is O=C(Cn1c(CNC(=O)C2CCCCC2)nc2ccccc21)NC1CC1. The minimum Gasteiger partial charge on any atom is -0.352 e. The fourth-order valence-electron chi connectivity index (χ4n) is 3.76. The van der Waals surface area contributed by atoms with E-state index in [9.17, 15) is 9.59 Å². The smallest absolute Gasteiger partial charge is 0.240 e. The number of hydrogen-bond donors (Lipinski definition) is 2. The van der Waals surface area contributed by atoms with Gasteiger partial charge in [0.15, 0.2) is 0 Å². The number of nitrogens with one attached hydrogen (secondary N) is 2. The number of fused-ring (bicyclic) bond motifs is 1. The molecule has 2 amide bonds. The Balaban J connectivity index is 1.48. The van der Waals surface area contributed by atoms with Crippen LogP contribution in [0.4, 0.5) is 0 Å². The van der Waals surface area contributed by atoms with Crippen LogP contribution in [0.2, 0.25) is 0 Å². The first-order chi connectivity index (χ1) is 12.7. The van der Waals surface area contributed by atoms with Crippen LogP contribution < -0.4 is 10.6 Å². The first kappa shape index (κ1) is 17.1. The van der Waals surface area contributed by atoms with Gasteiger partial charge in [-0.25, -0.2) is 4.98 Å². The molecule has 2 aliphatic rings. The lowest BCUT2D eigenvalue weighted by Gasteiger charge is -2.20. The molecule has 6 heteroatoms. The summed E-state index contributed by atoms with van der Waals surface area (Å²) >= 11 is 0. The van der Waals surface area contributed by atoms with Crippen molar-refractivity contribution in [2.45, 2.75) is 64.1 Å². The third kappa shape index (κ3) is 3.89. The molecule has 2 fully saturated rings. The predicted molar refractivity (Wildman–Crippen MR) is 99.3 cm³/mol. The molecule has 138 valence electrons. The Morgan fingerprint density at radius 3 is 2.62 bits per heavy atom. The van der Waals surface area contributed by atoms with Crippen molar-refractivity contribution in [2.24, 2.45) is 5.92 Å². The van der Waals surface area contributed by atoms with Crippen molar-refractivity contribution >= 4 is 22.8 Å². The molecule has 0 spiro atoms. The average molecular weight is 354 g/mol. The van der Waals surface area contributed by atoms with Gasteiger partial charge in [0, 0.05) is 12.0 Å². The molecule has 1 aromatic carbocycles. The molecule has 0 saturated heterocycles. The van der Waals surface area contributed by atoms with Crippen molar-refractivity contribution in [3.8, 4) is 0 Å². The third-order valence-electron chi connectivity index (χ3n) is 5.37. The lowest BCUT2D eigenvalue weighted by molar-refractivity contribution is -0.126. The van der Waals surface area contributed by atoms with Crippen molar-refractivity contribution in [2.75, 3.05) is 0 Å². The van der Waals surface area contributed by atoms with Crippen LogP contribution in [0.1, 0.15) is 50.8 Å². The van der Waals surface area contributed by atoms with Gasteiger partial charge in [0.25, 0.3) is 0 Å². The molecule has 1 aromatic heterocycles. The number of aromatic nitrogens is 2. The molecule has 2 aliphatic carbocycles. The van der Waals surface area contributed by atoms with E-state index in [0.717, 1.165) is 55.4 Å². The van der Waals surface area contributed by atoms with Gasteiger partial charge in [-0.05, 0) is 37.8 Å². The molecule has 4 rings (SSSR count). The first-order valence-corrected chi connectivity index (χ1v) is 9.72. The molecule has 1 heterocycles. The van der Waals surface area contributed by atoms with Gasteiger partial charge in [-0.2, -0.15) is 0 Å². The summed E-state index contributed by atoms with van der Waals surface area (Å²) in [6, 6.07) is 8.14. The molecule has 6 nitrogen and oxygen atoms in total. The van der Waals surface area contributed by atoms with Crippen molar-refractivity contribution < 1.29 is 9.59 Å². The second-order valence-corrected chi connectivity index (χ2v) is 7.50. The molecule has 0 unspecified atom stereocenters. The molecular formula is C20H26N4O2. The van der Waals surface area contributed by atoms with Crippen LogP contribution in [-0.2, 0) is 22.7 Å². The fourth-order valence-corrected chi connectivity index (χ4v) is 3.76. The molecule has 0 aliphatic heterocycles. The van der Waals surface area contributed by atoms with Gasteiger partial charge in [-0.3, -0.25) is 9.59 Å². The maximum absolute atomic E-state index is 12.4. The quantitative estimate of drug-likeness (QED) is 0.837. The average Bonchev–Trinajstić information content (AvgIpc) is 3.41. The van der Waals surface area contributed by atoms with Crippen molar-refractivity contribution in [1.82, 2.24) is 20.2 Å². The third-order valence-corrected chi connectivity index (χ3v) is 5.37. The molecule has 0 atom stereocenters. The molecule has 2 N–H and O–H groups in total. The van der Waals surface area contributed by atoms with Crippen LogP contribution in [0.15, 0.2) is 24.3 Å². The minimum atomic E-state index is 0.00973. The van der Waals surface area contributed by atoms with E-state index in [1.807, 2.05) is 28.8 Å². The number of carbonyl (C=O) groups is 2. The van der Waals surface area contributed by atoms with Gasteiger partial charge < -0.3 is 15.2 Å². The highest BCUT2D eigenvalue weighted by molar-refractivity contribution is 5.82. The number of carbonyl (C=O) groups excluding carboxylic acids is 2. The summed E-state index contributed by atoms with van der Waals surface area (Å²) < 4.78 is 1.92. The second-order valence-electron chi connectivity index (χ2n) is 7.50. The highest BCUT2D eigenvalue weighted by Gasteiger charge is 2.25. The molecule has 0 radical (unpaired) electrons. The molecule has 2 aromatic rings. The van der Waals surface area contributed by atoms with Gasteiger partial charge in [-0.1, -0.05) is 31.4 Å². The number of benzene rings is 1. The minimum absolute atomic E-state index is 0.00973. The Labute approximate surface area is 153 Å². The summed E-state index contributed by atoms with van der Waals surface area (Å²) in [5, 5.41) is 6.07. The summed E-state index contributed by atoms with van der Waals surface area (Å²) in [6.45, 7) is 0.604. The zero-order valence-electron chi connectivity index (χ0n) is 15.0. The molecule has 0 bridgehead atoms. The molecular weight excluding hydrogens is 328 g/mol. The maximum Gasteiger partial charge on any atom is 0.240 e. The predicted octanol–water partition coefficient (Wildman–Crippen LogP) is 2.51. The van der Waals surface area contributed by atoms with Gasteiger partial charge in [0.1, 0.15) is 12.4 Å². The summed E-state index contributed by atoms with van der Waals surface area (Å²) in [4.78, 5) is 29.4. The van der Waals surface area contributed by atoms with E-state index in [1.54, 1.807) is 0 Å². The standard InChI is InChI=1S/C20H26N4O2/c25-19(22-15-10-11-15)13-24-17-9-5-4-8-16(17)23-18(24)12-21-20(26)14-6-2-1-3-7-14/h4-5,8-9,14-15H,1-3,6-7,10-13H2,(H,21,26)(H,22,25). The van der Waals surface area contributed by atoms with Gasteiger partial charge >= 0.3 is 0 Å². The lowest BCUT2D eigenvalue weighted by atomic mass is 9.89. The van der Waals surface area contributed by atoms with Gasteiger partial charge in [-0.15, -0.1) is 0 Å². The number of amides is 2. The van der Waals surface area contributed by atoms with E-state index in [1.165, 1.54) is 6.42 Å². The van der Waals surface area contributed by atoms with Crippen molar-refractivity contribution in [3.05, 3.63) is 30.1 Å². The monoisotopic (exact) mass is 354 g/mol. The van der Waals surface area contributed by atoms with E-state index in [0.29, 0.717) is 12.6 Å². The Kier molecular flexibility index (Phi) is 4.91. The first-order valence-electron chi connectivity index (χ1n) is 9.72. The highest BCUT2D eigenvalue weighted by Crippen LogP contribution is 2.24. The van der Waals surface area contributed by atoms with Crippen LogP contribution in [0, 0.1) is 5.92 Å². The summed E-state index contributed by atoms with van der Waals surface area (Å²) in [6.07, 6.45) is 7.60. The number of nitrogens with zero attached hydrogens (tertiary/aromatic N) is 2. The van der Waals surface area contributed by atoms with Crippen LogP contribution in [0.25, 0.3) is 11.0 Å². The van der Waals surface area contributed by atoms with E-state index in [2.05, 4.69) is 15.6 Å².